The molecular formula is C9H15ClN2S. The van der Waals surface area contributed by atoms with Crippen molar-refractivity contribution in [3.8, 4) is 0 Å². The fourth-order valence-corrected chi connectivity index (χ4v) is 2.22. The van der Waals surface area contributed by atoms with E-state index in [0.717, 1.165) is 24.7 Å². The van der Waals surface area contributed by atoms with Crippen molar-refractivity contribution < 1.29 is 0 Å². The number of hydrogen-bond acceptors (Lipinski definition) is 3. The summed E-state index contributed by atoms with van der Waals surface area (Å²) >= 11 is 7.80. The highest BCUT2D eigenvalue weighted by Crippen LogP contribution is 2.26. The zero-order valence-corrected chi connectivity index (χ0v) is 9.56. The third-order valence-electron chi connectivity index (χ3n) is 1.81. The van der Waals surface area contributed by atoms with Gasteiger partial charge in [-0.25, -0.2) is 0 Å². The van der Waals surface area contributed by atoms with E-state index in [0.29, 0.717) is 0 Å². The highest BCUT2D eigenvalue weighted by atomic mass is 35.5. The molecule has 1 rings (SSSR count). The van der Waals surface area contributed by atoms with E-state index in [9.17, 15) is 0 Å². The summed E-state index contributed by atoms with van der Waals surface area (Å²) in [6.45, 7) is 4.88. The first kappa shape index (κ1) is 11.0. The lowest BCUT2D eigenvalue weighted by molar-refractivity contribution is 0.655. The first-order valence-corrected chi connectivity index (χ1v) is 5.59. The molecule has 1 aromatic heterocycles. The molecule has 0 unspecified atom stereocenters. The van der Waals surface area contributed by atoms with E-state index < -0.39 is 0 Å². The molecule has 0 fully saturated rings. The van der Waals surface area contributed by atoms with Crippen LogP contribution in [0.15, 0.2) is 5.38 Å². The third kappa shape index (κ3) is 3.27. The number of aryl methyl sites for hydroxylation is 1. The van der Waals surface area contributed by atoms with Gasteiger partial charge >= 0.3 is 0 Å². The largest absolute Gasteiger partial charge is 0.318 e. The van der Waals surface area contributed by atoms with Gasteiger partial charge in [0.1, 0.15) is 0 Å². The second-order valence-electron chi connectivity index (χ2n) is 2.94. The number of likely N-dealkylation sites (N-methyl/N-ethyl adjacent to an activating group) is 1. The predicted molar refractivity (Wildman–Crippen MR) is 59.7 cm³/mol. The van der Waals surface area contributed by atoms with Gasteiger partial charge < -0.3 is 10.6 Å². The molecule has 2 N–H and O–H groups in total. The van der Waals surface area contributed by atoms with Crippen LogP contribution in [0.2, 0.25) is 5.02 Å². The van der Waals surface area contributed by atoms with Gasteiger partial charge in [-0.05, 0) is 24.9 Å². The molecule has 0 aromatic carbocycles. The Kier molecular flexibility index (Phi) is 4.73. The van der Waals surface area contributed by atoms with Crippen LogP contribution in [0.4, 0.5) is 0 Å². The number of rotatable bonds is 5. The topological polar surface area (TPSA) is 24.1 Å². The van der Waals surface area contributed by atoms with E-state index >= 15 is 0 Å². The molecule has 13 heavy (non-hydrogen) atoms. The van der Waals surface area contributed by atoms with Gasteiger partial charge in [0.05, 0.1) is 5.02 Å². The van der Waals surface area contributed by atoms with Gasteiger partial charge in [0, 0.05) is 24.5 Å². The van der Waals surface area contributed by atoms with Crippen molar-refractivity contribution in [3.63, 3.8) is 0 Å². The van der Waals surface area contributed by atoms with Gasteiger partial charge in [0.15, 0.2) is 0 Å². The zero-order valence-electron chi connectivity index (χ0n) is 7.98. The van der Waals surface area contributed by atoms with Crippen LogP contribution in [0.25, 0.3) is 0 Å². The molecule has 2 nitrogen and oxygen atoms in total. The van der Waals surface area contributed by atoms with E-state index in [2.05, 4.69) is 16.0 Å². The Morgan fingerprint density at radius 1 is 1.46 bits per heavy atom. The summed E-state index contributed by atoms with van der Waals surface area (Å²) < 4.78 is 0. The normalized spacial score (nSPS) is 10.7. The fourth-order valence-electron chi connectivity index (χ4n) is 1.02. The zero-order chi connectivity index (χ0) is 9.68. The number of nitrogens with one attached hydrogen (secondary N) is 2. The third-order valence-corrected chi connectivity index (χ3v) is 3.55. The molecule has 0 spiro atoms. The van der Waals surface area contributed by atoms with E-state index in [-0.39, 0.29) is 0 Å². The van der Waals surface area contributed by atoms with Crippen molar-refractivity contribution >= 4 is 22.9 Å². The quantitative estimate of drug-likeness (QED) is 0.739. The molecule has 0 aliphatic rings. The molecule has 0 radical (unpaired) electrons. The van der Waals surface area contributed by atoms with Crippen LogP contribution in [0.1, 0.15) is 10.4 Å². The lowest BCUT2D eigenvalue weighted by Crippen LogP contribution is -2.24. The molecule has 0 amide bonds. The maximum Gasteiger partial charge on any atom is 0.0587 e. The summed E-state index contributed by atoms with van der Waals surface area (Å²) in [5.74, 6) is 0. The summed E-state index contributed by atoms with van der Waals surface area (Å²) in [6, 6.07) is 0. The first-order chi connectivity index (χ1) is 6.25. The van der Waals surface area contributed by atoms with Crippen LogP contribution >= 0.6 is 22.9 Å². The van der Waals surface area contributed by atoms with E-state index in [4.69, 9.17) is 11.6 Å². The monoisotopic (exact) mass is 218 g/mol. The van der Waals surface area contributed by atoms with E-state index in [1.54, 1.807) is 11.3 Å². The molecule has 1 aromatic rings. The SMILES string of the molecule is CNCCNCc1scc(C)c1Cl. The minimum atomic E-state index is 0.874. The van der Waals surface area contributed by atoms with Crippen LogP contribution in [0.5, 0.6) is 0 Å². The van der Waals surface area contributed by atoms with Gasteiger partial charge in [-0.15, -0.1) is 11.3 Å². The minimum Gasteiger partial charge on any atom is -0.318 e. The number of thiophene rings is 1. The molecule has 4 heteroatoms. The maximum absolute atomic E-state index is 6.08. The summed E-state index contributed by atoms with van der Waals surface area (Å²) in [7, 11) is 1.95. The summed E-state index contributed by atoms with van der Waals surface area (Å²) in [6.07, 6.45) is 0. The van der Waals surface area contributed by atoms with Crippen LogP contribution < -0.4 is 10.6 Å². The smallest absolute Gasteiger partial charge is 0.0587 e. The lowest BCUT2D eigenvalue weighted by Gasteiger charge is -2.02. The number of hydrogen-bond donors (Lipinski definition) is 2. The van der Waals surface area contributed by atoms with Crippen molar-refractivity contribution in [1.29, 1.82) is 0 Å². The highest BCUT2D eigenvalue weighted by Gasteiger charge is 2.04. The second-order valence-corrected chi connectivity index (χ2v) is 4.28. The first-order valence-electron chi connectivity index (χ1n) is 4.33. The van der Waals surface area contributed by atoms with Crippen LogP contribution in [-0.4, -0.2) is 20.1 Å². The Balaban J connectivity index is 2.32. The average molecular weight is 219 g/mol. The molecule has 0 aliphatic heterocycles. The predicted octanol–water partition coefficient (Wildman–Crippen LogP) is 2.02. The average Bonchev–Trinajstić information content (AvgIpc) is 2.43. The van der Waals surface area contributed by atoms with Gasteiger partial charge in [-0.1, -0.05) is 11.6 Å². The molecule has 0 saturated carbocycles. The Hall–Kier alpha value is -0.0900. The molecule has 1 heterocycles. The Morgan fingerprint density at radius 3 is 2.77 bits per heavy atom. The van der Waals surface area contributed by atoms with E-state index in [1.165, 1.54) is 10.4 Å². The fraction of sp³-hybridized carbons (Fsp3) is 0.556. The van der Waals surface area contributed by atoms with Crippen LogP contribution in [0.3, 0.4) is 0 Å². The molecule has 0 saturated heterocycles. The highest BCUT2D eigenvalue weighted by molar-refractivity contribution is 7.10. The maximum atomic E-state index is 6.08. The summed E-state index contributed by atoms with van der Waals surface area (Å²) in [4.78, 5) is 1.23. The molecular weight excluding hydrogens is 204 g/mol. The Morgan fingerprint density at radius 2 is 2.23 bits per heavy atom. The summed E-state index contributed by atoms with van der Waals surface area (Å²) in [5.41, 5.74) is 1.18. The summed E-state index contributed by atoms with van der Waals surface area (Å²) in [5, 5.41) is 9.42. The Bertz CT molecular complexity index is 260. The van der Waals surface area contributed by atoms with Crippen LogP contribution in [0, 0.1) is 6.92 Å². The van der Waals surface area contributed by atoms with Gasteiger partial charge in [0.2, 0.25) is 0 Å². The van der Waals surface area contributed by atoms with Gasteiger partial charge in [-0.2, -0.15) is 0 Å². The molecule has 0 atom stereocenters. The van der Waals surface area contributed by atoms with Gasteiger partial charge in [-0.3, -0.25) is 0 Å². The van der Waals surface area contributed by atoms with Crippen molar-refractivity contribution in [3.05, 3.63) is 20.8 Å². The lowest BCUT2D eigenvalue weighted by atomic mass is 10.3. The van der Waals surface area contributed by atoms with Crippen molar-refractivity contribution in [2.24, 2.45) is 0 Å². The van der Waals surface area contributed by atoms with Crippen molar-refractivity contribution in [1.82, 2.24) is 10.6 Å². The van der Waals surface area contributed by atoms with Gasteiger partial charge in [0.25, 0.3) is 0 Å². The molecule has 0 aliphatic carbocycles. The Labute approximate surface area is 88.3 Å². The van der Waals surface area contributed by atoms with E-state index in [1.807, 2.05) is 14.0 Å². The van der Waals surface area contributed by atoms with Crippen LogP contribution in [-0.2, 0) is 6.54 Å². The number of halogens is 1. The second kappa shape index (κ2) is 5.60. The van der Waals surface area contributed by atoms with Crippen molar-refractivity contribution in [2.75, 3.05) is 20.1 Å². The minimum absolute atomic E-state index is 0.874. The molecule has 74 valence electrons. The molecule has 0 bridgehead atoms. The van der Waals surface area contributed by atoms with Crippen molar-refractivity contribution in [2.45, 2.75) is 13.5 Å². The standard InChI is InChI=1S/C9H15ClN2S/c1-7-6-13-8(9(7)10)5-12-4-3-11-2/h6,11-12H,3-5H2,1-2H3.